The van der Waals surface area contributed by atoms with E-state index in [1.54, 1.807) is 11.3 Å². The maximum atomic E-state index is 8.98. The molecule has 2 rings (SSSR count). The molecule has 0 aliphatic heterocycles. The average molecular weight is 278 g/mol. The molecule has 1 aromatic carbocycles. The van der Waals surface area contributed by atoms with E-state index in [9.17, 15) is 0 Å². The first kappa shape index (κ1) is 14.1. The third-order valence-electron chi connectivity index (χ3n) is 2.79. The molecule has 0 fully saturated rings. The van der Waals surface area contributed by atoms with E-state index >= 15 is 0 Å². The number of aliphatic hydroxyl groups excluding tert-OH is 2. The molecule has 0 unspecified atom stereocenters. The summed E-state index contributed by atoms with van der Waals surface area (Å²) in [6.07, 6.45) is 0. The van der Waals surface area contributed by atoms with Gasteiger partial charge in [-0.3, -0.25) is 4.90 Å². The minimum Gasteiger partial charge on any atom is -0.395 e. The SMILES string of the molecule is OCCN(CCO)Cc1csc(-c2ccccc2)n1. The number of benzene rings is 1. The van der Waals surface area contributed by atoms with Crippen LogP contribution in [0.3, 0.4) is 0 Å². The van der Waals surface area contributed by atoms with Crippen LogP contribution in [0, 0.1) is 0 Å². The zero-order valence-electron chi connectivity index (χ0n) is 10.7. The van der Waals surface area contributed by atoms with Gasteiger partial charge in [-0.05, 0) is 0 Å². The van der Waals surface area contributed by atoms with E-state index in [-0.39, 0.29) is 13.2 Å². The van der Waals surface area contributed by atoms with Crippen molar-refractivity contribution in [2.75, 3.05) is 26.3 Å². The lowest BCUT2D eigenvalue weighted by Gasteiger charge is -2.18. The smallest absolute Gasteiger partial charge is 0.123 e. The van der Waals surface area contributed by atoms with Gasteiger partial charge in [0.15, 0.2) is 0 Å². The topological polar surface area (TPSA) is 56.6 Å². The molecule has 0 saturated heterocycles. The maximum absolute atomic E-state index is 8.98. The molecule has 0 aliphatic rings. The molecule has 19 heavy (non-hydrogen) atoms. The van der Waals surface area contributed by atoms with Crippen LogP contribution in [0.15, 0.2) is 35.7 Å². The molecule has 0 amide bonds. The van der Waals surface area contributed by atoms with Crippen LogP contribution in [0.5, 0.6) is 0 Å². The van der Waals surface area contributed by atoms with Gasteiger partial charge in [-0.2, -0.15) is 0 Å². The molecule has 2 aromatic rings. The Labute approximate surface area is 117 Å². The zero-order valence-corrected chi connectivity index (χ0v) is 11.5. The van der Waals surface area contributed by atoms with Gasteiger partial charge in [0.2, 0.25) is 0 Å². The van der Waals surface area contributed by atoms with Crippen molar-refractivity contribution in [2.24, 2.45) is 0 Å². The third-order valence-corrected chi connectivity index (χ3v) is 3.73. The molecule has 0 bridgehead atoms. The summed E-state index contributed by atoms with van der Waals surface area (Å²) < 4.78 is 0. The largest absolute Gasteiger partial charge is 0.395 e. The highest BCUT2D eigenvalue weighted by atomic mass is 32.1. The van der Waals surface area contributed by atoms with Gasteiger partial charge in [0, 0.05) is 30.6 Å². The number of thiazole rings is 1. The van der Waals surface area contributed by atoms with E-state index in [4.69, 9.17) is 10.2 Å². The highest BCUT2D eigenvalue weighted by molar-refractivity contribution is 7.13. The Bertz CT molecular complexity index is 481. The van der Waals surface area contributed by atoms with Gasteiger partial charge in [0.05, 0.1) is 18.9 Å². The fourth-order valence-corrected chi connectivity index (χ4v) is 2.69. The van der Waals surface area contributed by atoms with Crippen LogP contribution in [0.4, 0.5) is 0 Å². The Hall–Kier alpha value is -1.27. The number of aliphatic hydroxyl groups is 2. The van der Waals surface area contributed by atoms with Gasteiger partial charge in [0.1, 0.15) is 5.01 Å². The summed E-state index contributed by atoms with van der Waals surface area (Å²) in [6.45, 7) is 1.95. The Morgan fingerprint density at radius 1 is 1.05 bits per heavy atom. The predicted octanol–water partition coefficient (Wildman–Crippen LogP) is 1.60. The van der Waals surface area contributed by atoms with E-state index < -0.39 is 0 Å². The second kappa shape index (κ2) is 7.35. The number of rotatable bonds is 7. The van der Waals surface area contributed by atoms with Crippen LogP contribution >= 0.6 is 11.3 Å². The van der Waals surface area contributed by atoms with E-state index in [0.717, 1.165) is 16.3 Å². The van der Waals surface area contributed by atoms with Crippen molar-refractivity contribution < 1.29 is 10.2 Å². The van der Waals surface area contributed by atoms with Gasteiger partial charge in [-0.1, -0.05) is 30.3 Å². The van der Waals surface area contributed by atoms with Gasteiger partial charge in [-0.15, -0.1) is 11.3 Å². The minimum atomic E-state index is 0.0929. The predicted molar refractivity (Wildman–Crippen MR) is 77.0 cm³/mol. The molecular weight excluding hydrogens is 260 g/mol. The summed E-state index contributed by atoms with van der Waals surface area (Å²) in [7, 11) is 0. The fourth-order valence-electron chi connectivity index (χ4n) is 1.87. The Kier molecular flexibility index (Phi) is 5.47. The molecule has 0 saturated carbocycles. The lowest BCUT2D eigenvalue weighted by molar-refractivity contribution is 0.155. The highest BCUT2D eigenvalue weighted by Gasteiger charge is 2.09. The van der Waals surface area contributed by atoms with Crippen LogP contribution in [0.25, 0.3) is 10.6 Å². The van der Waals surface area contributed by atoms with Crippen molar-refractivity contribution >= 4 is 11.3 Å². The lowest BCUT2D eigenvalue weighted by atomic mass is 10.2. The van der Waals surface area contributed by atoms with Crippen LogP contribution in [-0.2, 0) is 6.54 Å². The van der Waals surface area contributed by atoms with Crippen LogP contribution < -0.4 is 0 Å². The minimum absolute atomic E-state index is 0.0929. The molecule has 1 aromatic heterocycles. The van der Waals surface area contributed by atoms with Gasteiger partial charge in [0.25, 0.3) is 0 Å². The molecule has 0 atom stereocenters. The molecule has 2 N–H and O–H groups in total. The van der Waals surface area contributed by atoms with Crippen molar-refractivity contribution in [3.8, 4) is 10.6 Å². The van der Waals surface area contributed by atoms with E-state index in [1.807, 2.05) is 40.6 Å². The van der Waals surface area contributed by atoms with Crippen LogP contribution in [0.2, 0.25) is 0 Å². The van der Waals surface area contributed by atoms with Gasteiger partial charge >= 0.3 is 0 Å². The van der Waals surface area contributed by atoms with Gasteiger partial charge in [-0.25, -0.2) is 4.98 Å². The summed E-state index contributed by atoms with van der Waals surface area (Å²) in [5.74, 6) is 0. The van der Waals surface area contributed by atoms with Crippen molar-refractivity contribution in [3.63, 3.8) is 0 Å². The standard InChI is InChI=1S/C14H18N2O2S/c17-8-6-16(7-9-18)10-13-11-19-14(15-13)12-4-2-1-3-5-12/h1-5,11,17-18H,6-10H2. The number of aromatic nitrogens is 1. The molecule has 0 aliphatic carbocycles. The maximum Gasteiger partial charge on any atom is 0.123 e. The quantitative estimate of drug-likeness (QED) is 0.807. The second-order valence-electron chi connectivity index (χ2n) is 4.23. The van der Waals surface area contributed by atoms with Crippen molar-refractivity contribution in [1.82, 2.24) is 9.88 Å². The molecular formula is C14H18N2O2S. The zero-order chi connectivity index (χ0) is 13.5. The van der Waals surface area contributed by atoms with Crippen molar-refractivity contribution in [3.05, 3.63) is 41.4 Å². The lowest BCUT2D eigenvalue weighted by Crippen LogP contribution is -2.29. The molecule has 0 spiro atoms. The summed E-state index contributed by atoms with van der Waals surface area (Å²) in [4.78, 5) is 6.59. The van der Waals surface area contributed by atoms with E-state index in [1.165, 1.54) is 0 Å². The summed E-state index contributed by atoms with van der Waals surface area (Å²) in [6, 6.07) is 10.1. The second-order valence-corrected chi connectivity index (χ2v) is 5.09. The number of nitrogens with zero attached hydrogens (tertiary/aromatic N) is 2. The number of hydrogen-bond acceptors (Lipinski definition) is 5. The first-order valence-corrected chi connectivity index (χ1v) is 7.15. The molecule has 0 radical (unpaired) electrons. The Morgan fingerprint density at radius 3 is 2.37 bits per heavy atom. The molecule has 5 heteroatoms. The summed E-state index contributed by atoms with van der Waals surface area (Å²) in [5, 5.41) is 21.0. The Morgan fingerprint density at radius 2 is 1.74 bits per heavy atom. The van der Waals surface area contributed by atoms with Crippen LogP contribution in [0.1, 0.15) is 5.69 Å². The summed E-state index contributed by atoms with van der Waals surface area (Å²) >= 11 is 1.62. The third kappa shape index (κ3) is 4.11. The van der Waals surface area contributed by atoms with Crippen molar-refractivity contribution in [1.29, 1.82) is 0 Å². The average Bonchev–Trinajstić information content (AvgIpc) is 2.89. The van der Waals surface area contributed by atoms with Gasteiger partial charge < -0.3 is 10.2 Å². The molecule has 1 heterocycles. The van der Waals surface area contributed by atoms with E-state index in [0.29, 0.717) is 19.6 Å². The van der Waals surface area contributed by atoms with Crippen molar-refractivity contribution in [2.45, 2.75) is 6.54 Å². The Balaban J connectivity index is 2.04. The molecule has 4 nitrogen and oxygen atoms in total. The highest BCUT2D eigenvalue weighted by Crippen LogP contribution is 2.23. The van der Waals surface area contributed by atoms with Crippen LogP contribution in [-0.4, -0.2) is 46.4 Å². The fraction of sp³-hybridized carbons (Fsp3) is 0.357. The number of hydrogen-bond donors (Lipinski definition) is 2. The monoisotopic (exact) mass is 278 g/mol. The first-order valence-electron chi connectivity index (χ1n) is 6.27. The molecule has 102 valence electrons. The first-order chi connectivity index (χ1) is 9.33. The summed E-state index contributed by atoms with van der Waals surface area (Å²) in [5.41, 5.74) is 2.10. The normalized spacial score (nSPS) is 11.1. The van der Waals surface area contributed by atoms with E-state index in [2.05, 4.69) is 4.98 Å².